The van der Waals surface area contributed by atoms with Gasteiger partial charge in [-0.1, -0.05) is 13.8 Å². The molecule has 0 radical (unpaired) electrons. The average Bonchev–Trinajstić information content (AvgIpc) is 1.95. The maximum absolute atomic E-state index is 5.75. The van der Waals surface area contributed by atoms with Gasteiger partial charge in [-0.15, -0.1) is 33.2 Å². The fourth-order valence-corrected chi connectivity index (χ4v) is 2.97. The van der Waals surface area contributed by atoms with Crippen molar-refractivity contribution in [3.8, 4) is 0 Å². The van der Waals surface area contributed by atoms with Crippen LogP contribution in [0.2, 0.25) is 6.04 Å². The first-order chi connectivity index (χ1) is 6.31. The van der Waals surface area contributed by atoms with Gasteiger partial charge in [-0.25, -0.2) is 0 Å². The number of halogens is 3. The highest BCUT2D eigenvalue weighted by molar-refractivity contribution is 7.64. The first kappa shape index (κ1) is 14.8. The van der Waals surface area contributed by atoms with E-state index in [9.17, 15) is 0 Å². The van der Waals surface area contributed by atoms with Gasteiger partial charge in [0.1, 0.15) is 0 Å². The first-order valence-electron chi connectivity index (χ1n) is 4.88. The molecule has 5 heteroatoms. The molecule has 84 valence electrons. The molecule has 0 aliphatic rings. The highest BCUT2D eigenvalue weighted by Crippen LogP contribution is 2.26. The molecule has 0 aliphatic carbocycles. The molecule has 0 saturated heterocycles. The van der Waals surface area contributed by atoms with Gasteiger partial charge in [0.05, 0.1) is 0 Å². The van der Waals surface area contributed by atoms with Crippen molar-refractivity contribution in [2.75, 3.05) is 6.54 Å². The highest BCUT2D eigenvalue weighted by atomic mass is 35.8. The van der Waals surface area contributed by atoms with E-state index in [4.69, 9.17) is 33.2 Å². The molecule has 0 amide bonds. The summed E-state index contributed by atoms with van der Waals surface area (Å²) in [6.07, 6.45) is 1.95. The lowest BCUT2D eigenvalue weighted by Gasteiger charge is -2.06. The topological polar surface area (TPSA) is 12.4 Å². The van der Waals surface area contributed by atoms with E-state index >= 15 is 0 Å². The summed E-state index contributed by atoms with van der Waals surface area (Å²) in [5, 5.41) is 0. The Morgan fingerprint density at radius 2 is 1.86 bits per heavy atom. The van der Waals surface area contributed by atoms with Crippen molar-refractivity contribution in [2.45, 2.75) is 39.7 Å². The third kappa shape index (κ3) is 10.8. The van der Waals surface area contributed by atoms with Gasteiger partial charge >= 0.3 is 6.00 Å². The van der Waals surface area contributed by atoms with Gasteiger partial charge in [-0.3, -0.25) is 4.99 Å². The Labute approximate surface area is 102 Å². The van der Waals surface area contributed by atoms with Gasteiger partial charge in [-0.2, -0.15) is 0 Å². The summed E-state index contributed by atoms with van der Waals surface area (Å²) in [5.41, 5.74) is 1.20. The van der Waals surface area contributed by atoms with Gasteiger partial charge in [-0.05, 0) is 31.7 Å². The molecule has 0 spiro atoms. The third-order valence-electron chi connectivity index (χ3n) is 1.70. The minimum absolute atomic E-state index is 0.668. The average molecular weight is 275 g/mol. The summed E-state index contributed by atoms with van der Waals surface area (Å²) in [6, 6.07) is -1.71. The van der Waals surface area contributed by atoms with Crippen molar-refractivity contribution < 1.29 is 0 Å². The Morgan fingerprint density at radius 3 is 2.29 bits per heavy atom. The molecule has 0 aromatic carbocycles. The van der Waals surface area contributed by atoms with Crippen LogP contribution in [0.1, 0.15) is 33.6 Å². The van der Waals surface area contributed by atoms with E-state index in [-0.39, 0.29) is 0 Å². The van der Waals surface area contributed by atoms with Crippen LogP contribution in [0.15, 0.2) is 4.99 Å². The Balaban J connectivity index is 3.61. The summed E-state index contributed by atoms with van der Waals surface area (Å²) in [7, 11) is 0. The van der Waals surface area contributed by atoms with E-state index < -0.39 is 6.00 Å². The molecule has 0 fully saturated rings. The van der Waals surface area contributed by atoms with E-state index in [1.165, 1.54) is 5.71 Å². The van der Waals surface area contributed by atoms with Gasteiger partial charge in [0.2, 0.25) is 0 Å². The number of hydrogen-bond donors (Lipinski definition) is 0. The molecule has 0 atom stereocenters. The summed E-state index contributed by atoms with van der Waals surface area (Å²) >= 11 is 17.3. The molecule has 0 N–H and O–H groups in total. The zero-order chi connectivity index (χ0) is 11.2. The van der Waals surface area contributed by atoms with Crippen molar-refractivity contribution in [1.82, 2.24) is 0 Å². The van der Waals surface area contributed by atoms with E-state index in [1.807, 2.05) is 0 Å². The lowest BCUT2D eigenvalue weighted by atomic mass is 10.1. The van der Waals surface area contributed by atoms with Crippen LogP contribution in [0.25, 0.3) is 0 Å². The van der Waals surface area contributed by atoms with Crippen molar-refractivity contribution in [1.29, 1.82) is 0 Å². The predicted molar refractivity (Wildman–Crippen MR) is 70.2 cm³/mol. The van der Waals surface area contributed by atoms with Gasteiger partial charge in [0, 0.05) is 12.3 Å². The minimum Gasteiger partial charge on any atom is -0.294 e. The van der Waals surface area contributed by atoms with E-state index in [1.54, 1.807) is 0 Å². The Bertz CT molecular complexity index is 187. The minimum atomic E-state index is -2.41. The van der Waals surface area contributed by atoms with E-state index in [0.29, 0.717) is 12.0 Å². The molecule has 0 unspecified atom stereocenters. The van der Waals surface area contributed by atoms with Crippen molar-refractivity contribution >= 4 is 45.0 Å². The van der Waals surface area contributed by atoms with Crippen molar-refractivity contribution in [3.05, 3.63) is 0 Å². The zero-order valence-electron chi connectivity index (χ0n) is 8.99. The third-order valence-corrected chi connectivity index (χ3v) is 4.33. The molecular formula is C9H18Cl3NSi. The van der Waals surface area contributed by atoms with Gasteiger partial charge in [0.25, 0.3) is 0 Å². The van der Waals surface area contributed by atoms with Gasteiger partial charge in [0.15, 0.2) is 0 Å². The second-order valence-electron chi connectivity index (χ2n) is 3.93. The Hall–Kier alpha value is 0.757. The Kier molecular flexibility index (Phi) is 7.48. The summed E-state index contributed by atoms with van der Waals surface area (Å²) in [4.78, 5) is 4.43. The smallest absolute Gasteiger partial charge is 0.294 e. The second-order valence-corrected chi connectivity index (χ2v) is 13.2. The maximum Gasteiger partial charge on any atom is 0.341 e. The zero-order valence-corrected chi connectivity index (χ0v) is 12.3. The quantitative estimate of drug-likeness (QED) is 0.292. The normalized spacial score (nSPS) is 13.8. The van der Waals surface area contributed by atoms with Crippen LogP contribution < -0.4 is 0 Å². The van der Waals surface area contributed by atoms with Crippen LogP contribution >= 0.6 is 33.2 Å². The molecule has 0 aliphatic heterocycles. The number of rotatable bonds is 6. The standard InChI is InChI=1S/C9H18Cl3NSi/c1-8(2)7-9(3)13-5-4-6-14(10,11)12/h8H,4-7H2,1-3H3/b13-9+. The lowest BCUT2D eigenvalue weighted by Crippen LogP contribution is -2.09. The number of aliphatic imine (C=N–C) groups is 1. The second kappa shape index (κ2) is 7.10. The van der Waals surface area contributed by atoms with Crippen molar-refractivity contribution in [2.24, 2.45) is 10.9 Å². The molecule has 1 nitrogen and oxygen atoms in total. The predicted octanol–water partition coefficient (Wildman–Crippen LogP) is 4.54. The molecule has 0 heterocycles. The first-order valence-corrected chi connectivity index (χ1v) is 10.1. The van der Waals surface area contributed by atoms with Crippen LogP contribution in [0, 0.1) is 5.92 Å². The van der Waals surface area contributed by atoms with Gasteiger partial charge < -0.3 is 0 Å². The fraction of sp³-hybridized carbons (Fsp3) is 0.889. The molecule has 0 bridgehead atoms. The lowest BCUT2D eigenvalue weighted by molar-refractivity contribution is 0.679. The molecule has 0 rings (SSSR count). The largest absolute Gasteiger partial charge is 0.341 e. The molecule has 14 heavy (non-hydrogen) atoms. The fourth-order valence-electron chi connectivity index (χ4n) is 1.20. The van der Waals surface area contributed by atoms with Crippen LogP contribution in [-0.4, -0.2) is 18.3 Å². The number of hydrogen-bond acceptors (Lipinski definition) is 1. The summed E-state index contributed by atoms with van der Waals surface area (Å²) in [6.45, 7) is 7.23. The number of nitrogens with zero attached hydrogens (tertiary/aromatic N) is 1. The van der Waals surface area contributed by atoms with Crippen LogP contribution in [-0.2, 0) is 0 Å². The van der Waals surface area contributed by atoms with Crippen LogP contribution in [0.5, 0.6) is 0 Å². The molecule has 0 aromatic heterocycles. The molecule has 0 aromatic rings. The highest BCUT2D eigenvalue weighted by Gasteiger charge is 2.23. The summed E-state index contributed by atoms with van der Waals surface area (Å²) < 4.78 is 0. The van der Waals surface area contributed by atoms with Crippen LogP contribution in [0.4, 0.5) is 0 Å². The Morgan fingerprint density at radius 1 is 1.29 bits per heavy atom. The SMILES string of the molecule is C/C(CC(C)C)=N\CCC[Si](Cl)(Cl)Cl. The van der Waals surface area contributed by atoms with E-state index in [0.717, 1.165) is 19.4 Å². The van der Waals surface area contributed by atoms with Crippen LogP contribution in [0.3, 0.4) is 0 Å². The maximum atomic E-state index is 5.75. The van der Waals surface area contributed by atoms with Crippen molar-refractivity contribution in [3.63, 3.8) is 0 Å². The van der Waals surface area contributed by atoms with E-state index in [2.05, 4.69) is 25.8 Å². The molecule has 0 saturated carbocycles. The molecular weight excluding hydrogens is 257 g/mol. The summed E-state index contributed by atoms with van der Waals surface area (Å²) in [5.74, 6) is 0.668. The monoisotopic (exact) mass is 273 g/mol.